The fourth-order valence-electron chi connectivity index (χ4n) is 2.17. The van der Waals surface area contributed by atoms with Gasteiger partial charge in [-0.25, -0.2) is 0 Å². The highest BCUT2D eigenvalue weighted by atomic mass is 19.4. The first-order valence-electron chi connectivity index (χ1n) is 6.38. The smallest absolute Gasteiger partial charge is 0.256 e. The Morgan fingerprint density at radius 1 is 0.905 bits per heavy atom. The number of alkyl halides is 3. The Morgan fingerprint density at radius 3 is 2.43 bits per heavy atom. The zero-order valence-corrected chi connectivity index (χ0v) is 10.9. The first-order chi connectivity index (χ1) is 10.0. The molecule has 0 saturated heterocycles. The van der Waals surface area contributed by atoms with E-state index in [4.69, 9.17) is 0 Å². The second-order valence-corrected chi connectivity index (χ2v) is 4.76. The van der Waals surface area contributed by atoms with Gasteiger partial charge in [0.05, 0.1) is 5.52 Å². The van der Waals surface area contributed by atoms with Crippen LogP contribution in [-0.4, -0.2) is 9.97 Å². The van der Waals surface area contributed by atoms with Gasteiger partial charge in [0.1, 0.15) is 5.69 Å². The van der Waals surface area contributed by atoms with Crippen LogP contribution in [0.4, 0.5) is 13.2 Å². The molecule has 0 aliphatic carbocycles. The van der Waals surface area contributed by atoms with Gasteiger partial charge in [0.2, 0.25) is 0 Å². The lowest BCUT2D eigenvalue weighted by Crippen LogP contribution is -2.07. The SMILES string of the molecule is FC(F)(F)c1ccc(Cc2ccc3ncccc3c2)cn1. The van der Waals surface area contributed by atoms with Crippen LogP contribution in [0, 0.1) is 0 Å². The lowest BCUT2D eigenvalue weighted by molar-refractivity contribution is -0.141. The van der Waals surface area contributed by atoms with E-state index in [0.717, 1.165) is 28.1 Å². The van der Waals surface area contributed by atoms with Gasteiger partial charge < -0.3 is 0 Å². The molecule has 2 nitrogen and oxygen atoms in total. The molecule has 0 aliphatic heterocycles. The number of aromatic nitrogens is 2. The van der Waals surface area contributed by atoms with E-state index in [2.05, 4.69) is 9.97 Å². The summed E-state index contributed by atoms with van der Waals surface area (Å²) in [4.78, 5) is 7.70. The third-order valence-corrected chi connectivity index (χ3v) is 3.19. The van der Waals surface area contributed by atoms with Gasteiger partial charge in [-0.3, -0.25) is 9.97 Å². The van der Waals surface area contributed by atoms with E-state index in [1.807, 2.05) is 30.3 Å². The molecule has 3 rings (SSSR count). The van der Waals surface area contributed by atoms with Gasteiger partial charge >= 0.3 is 6.18 Å². The van der Waals surface area contributed by atoms with Gasteiger partial charge in [-0.05, 0) is 41.8 Å². The summed E-state index contributed by atoms with van der Waals surface area (Å²) in [6, 6.07) is 12.1. The monoisotopic (exact) mass is 288 g/mol. The Morgan fingerprint density at radius 2 is 1.71 bits per heavy atom. The molecule has 0 radical (unpaired) electrons. The standard InChI is InChI=1S/C16H11F3N2/c17-16(18,19)15-6-4-12(10-21-15)8-11-3-5-14-13(9-11)2-1-7-20-14/h1-7,9-10H,8H2. The second kappa shape index (κ2) is 5.16. The van der Waals surface area contributed by atoms with Crippen molar-refractivity contribution in [1.29, 1.82) is 0 Å². The van der Waals surface area contributed by atoms with E-state index in [1.165, 1.54) is 12.3 Å². The summed E-state index contributed by atoms with van der Waals surface area (Å²) in [6.07, 6.45) is -0.860. The largest absolute Gasteiger partial charge is 0.433 e. The summed E-state index contributed by atoms with van der Waals surface area (Å²) < 4.78 is 37.4. The first-order valence-corrected chi connectivity index (χ1v) is 6.38. The molecular formula is C16H11F3N2. The number of nitrogens with zero attached hydrogens (tertiary/aromatic N) is 2. The molecule has 2 aromatic heterocycles. The number of hydrogen-bond donors (Lipinski definition) is 0. The summed E-state index contributed by atoms with van der Waals surface area (Å²) in [5, 5.41) is 1.01. The van der Waals surface area contributed by atoms with Crippen LogP contribution in [0.25, 0.3) is 10.9 Å². The van der Waals surface area contributed by atoms with Crippen molar-refractivity contribution >= 4 is 10.9 Å². The van der Waals surface area contributed by atoms with Crippen LogP contribution in [-0.2, 0) is 12.6 Å². The predicted molar refractivity (Wildman–Crippen MR) is 73.8 cm³/mol. The van der Waals surface area contributed by atoms with Gasteiger partial charge in [0.25, 0.3) is 0 Å². The highest BCUT2D eigenvalue weighted by Gasteiger charge is 2.31. The molecule has 5 heteroatoms. The summed E-state index contributed by atoms with van der Waals surface area (Å²) in [5.41, 5.74) is 1.78. The number of benzene rings is 1. The van der Waals surface area contributed by atoms with Crippen LogP contribution < -0.4 is 0 Å². The Bertz CT molecular complexity index is 764. The van der Waals surface area contributed by atoms with E-state index >= 15 is 0 Å². The number of pyridine rings is 2. The number of rotatable bonds is 2. The molecule has 21 heavy (non-hydrogen) atoms. The van der Waals surface area contributed by atoms with Crippen molar-refractivity contribution in [3.8, 4) is 0 Å². The maximum absolute atomic E-state index is 12.5. The Kier molecular flexibility index (Phi) is 3.33. The summed E-state index contributed by atoms with van der Waals surface area (Å²) >= 11 is 0. The Hall–Kier alpha value is -2.43. The Balaban J connectivity index is 1.84. The summed E-state index contributed by atoms with van der Waals surface area (Å²) in [5.74, 6) is 0. The average molecular weight is 288 g/mol. The maximum atomic E-state index is 12.5. The van der Waals surface area contributed by atoms with Crippen LogP contribution in [0.5, 0.6) is 0 Å². The number of halogens is 3. The minimum Gasteiger partial charge on any atom is -0.256 e. The quantitative estimate of drug-likeness (QED) is 0.705. The van der Waals surface area contributed by atoms with E-state index in [0.29, 0.717) is 6.42 Å². The zero-order valence-electron chi connectivity index (χ0n) is 10.9. The number of fused-ring (bicyclic) bond motifs is 1. The van der Waals surface area contributed by atoms with Crippen molar-refractivity contribution in [2.45, 2.75) is 12.6 Å². The van der Waals surface area contributed by atoms with Crippen molar-refractivity contribution in [3.63, 3.8) is 0 Å². The second-order valence-electron chi connectivity index (χ2n) is 4.76. The van der Waals surface area contributed by atoms with Gasteiger partial charge in [0, 0.05) is 17.8 Å². The van der Waals surface area contributed by atoms with Gasteiger partial charge in [-0.2, -0.15) is 13.2 Å². The van der Waals surface area contributed by atoms with Gasteiger partial charge in [0.15, 0.2) is 0 Å². The molecule has 0 bridgehead atoms. The maximum Gasteiger partial charge on any atom is 0.433 e. The van der Waals surface area contributed by atoms with Gasteiger partial charge in [-0.1, -0.05) is 18.2 Å². The van der Waals surface area contributed by atoms with Crippen molar-refractivity contribution < 1.29 is 13.2 Å². The highest BCUT2D eigenvalue weighted by molar-refractivity contribution is 5.79. The minimum absolute atomic E-state index is 0.538. The first kappa shape index (κ1) is 13.5. The zero-order chi connectivity index (χ0) is 14.9. The normalized spacial score (nSPS) is 11.8. The fraction of sp³-hybridized carbons (Fsp3) is 0.125. The van der Waals surface area contributed by atoms with Crippen molar-refractivity contribution in [2.24, 2.45) is 0 Å². The van der Waals surface area contributed by atoms with Crippen molar-refractivity contribution in [1.82, 2.24) is 9.97 Å². The molecule has 0 atom stereocenters. The molecule has 1 aromatic carbocycles. The van der Waals surface area contributed by atoms with Gasteiger partial charge in [-0.15, -0.1) is 0 Å². The van der Waals surface area contributed by atoms with Crippen LogP contribution >= 0.6 is 0 Å². The molecule has 0 fully saturated rings. The van der Waals surface area contributed by atoms with E-state index in [9.17, 15) is 13.2 Å². The topological polar surface area (TPSA) is 25.8 Å². The molecule has 0 N–H and O–H groups in total. The average Bonchev–Trinajstić information content (AvgIpc) is 2.47. The van der Waals surface area contributed by atoms with E-state index in [-0.39, 0.29) is 0 Å². The third-order valence-electron chi connectivity index (χ3n) is 3.19. The molecule has 0 spiro atoms. The van der Waals surface area contributed by atoms with E-state index < -0.39 is 11.9 Å². The van der Waals surface area contributed by atoms with Crippen molar-refractivity contribution in [2.75, 3.05) is 0 Å². The Labute approximate surface area is 119 Å². The molecule has 2 heterocycles. The third kappa shape index (κ3) is 3.02. The van der Waals surface area contributed by atoms with Crippen LogP contribution in [0.15, 0.2) is 54.9 Å². The van der Waals surface area contributed by atoms with Crippen LogP contribution in [0.1, 0.15) is 16.8 Å². The number of hydrogen-bond acceptors (Lipinski definition) is 2. The molecule has 0 unspecified atom stereocenters. The molecule has 106 valence electrons. The fourth-order valence-corrected chi connectivity index (χ4v) is 2.17. The molecule has 0 aliphatic rings. The highest BCUT2D eigenvalue weighted by Crippen LogP contribution is 2.27. The lowest BCUT2D eigenvalue weighted by atomic mass is 10.0. The lowest BCUT2D eigenvalue weighted by Gasteiger charge is -2.07. The molecular weight excluding hydrogens is 277 g/mol. The van der Waals surface area contributed by atoms with Crippen molar-refractivity contribution in [3.05, 3.63) is 71.7 Å². The van der Waals surface area contributed by atoms with Crippen LogP contribution in [0.3, 0.4) is 0 Å². The molecule has 0 amide bonds. The summed E-state index contributed by atoms with van der Waals surface area (Å²) in [6.45, 7) is 0. The molecule has 3 aromatic rings. The molecule has 0 saturated carbocycles. The van der Waals surface area contributed by atoms with E-state index in [1.54, 1.807) is 6.20 Å². The van der Waals surface area contributed by atoms with Crippen LogP contribution in [0.2, 0.25) is 0 Å². The summed E-state index contributed by atoms with van der Waals surface area (Å²) in [7, 11) is 0. The predicted octanol–water partition coefficient (Wildman–Crippen LogP) is 4.24. The minimum atomic E-state index is -4.40.